The van der Waals surface area contributed by atoms with Crippen LogP contribution in [0.15, 0.2) is 6.07 Å². The average Bonchev–Trinajstić information content (AvgIpc) is 2.80. The van der Waals surface area contributed by atoms with Gasteiger partial charge in [-0.1, -0.05) is 13.8 Å². The Morgan fingerprint density at radius 3 is 2.72 bits per heavy atom. The van der Waals surface area contributed by atoms with Crippen molar-refractivity contribution in [2.75, 3.05) is 31.6 Å². The topological polar surface area (TPSA) is 42.3 Å². The molecule has 0 aliphatic carbocycles. The lowest BCUT2D eigenvalue weighted by Gasteiger charge is -2.43. The van der Waals surface area contributed by atoms with Crippen molar-refractivity contribution in [3.8, 4) is 5.88 Å². The van der Waals surface area contributed by atoms with Gasteiger partial charge in [-0.15, -0.1) is 0 Å². The fraction of sp³-hybridized carbons (Fsp3) is 0.769. The zero-order chi connectivity index (χ0) is 13.2. The predicted molar refractivity (Wildman–Crippen MR) is 73.3 cm³/mol. The quantitative estimate of drug-likeness (QED) is 0.879. The highest BCUT2D eigenvalue weighted by molar-refractivity contribution is 5.43. The first-order valence-electron chi connectivity index (χ1n) is 6.72. The molecule has 5 heteroatoms. The van der Waals surface area contributed by atoms with E-state index in [0.717, 1.165) is 44.2 Å². The summed E-state index contributed by atoms with van der Waals surface area (Å²) < 4.78 is 7.07. The second kappa shape index (κ2) is 5.18. The molecule has 1 fully saturated rings. The van der Waals surface area contributed by atoms with E-state index in [1.54, 1.807) is 11.8 Å². The lowest BCUT2D eigenvalue weighted by Crippen LogP contribution is -2.60. The van der Waals surface area contributed by atoms with Crippen LogP contribution in [0.25, 0.3) is 0 Å². The third-order valence-electron chi connectivity index (χ3n) is 4.09. The Bertz CT molecular complexity index is 398. The highest BCUT2D eigenvalue weighted by Gasteiger charge is 2.32. The van der Waals surface area contributed by atoms with Crippen molar-refractivity contribution in [2.45, 2.75) is 32.2 Å². The van der Waals surface area contributed by atoms with Crippen molar-refractivity contribution in [1.82, 2.24) is 15.1 Å². The second-order valence-electron chi connectivity index (χ2n) is 5.00. The molecule has 0 bridgehead atoms. The van der Waals surface area contributed by atoms with Crippen molar-refractivity contribution in [2.24, 2.45) is 7.05 Å². The van der Waals surface area contributed by atoms with Crippen molar-refractivity contribution in [3.05, 3.63) is 6.07 Å². The Labute approximate surface area is 109 Å². The van der Waals surface area contributed by atoms with E-state index in [9.17, 15) is 0 Å². The Morgan fingerprint density at radius 2 is 2.17 bits per heavy atom. The normalized spacial score (nSPS) is 19.0. The summed E-state index contributed by atoms with van der Waals surface area (Å²) in [6, 6.07) is 2.02. The second-order valence-corrected chi connectivity index (χ2v) is 5.00. The molecular formula is C13H24N4O. The van der Waals surface area contributed by atoms with E-state index in [1.165, 1.54) is 0 Å². The highest BCUT2D eigenvalue weighted by Crippen LogP contribution is 2.26. The van der Waals surface area contributed by atoms with Crippen LogP contribution < -0.4 is 15.0 Å². The summed E-state index contributed by atoms with van der Waals surface area (Å²) in [5, 5.41) is 8.19. The number of nitrogens with zero attached hydrogens (tertiary/aromatic N) is 3. The number of hydrogen-bond acceptors (Lipinski definition) is 4. The van der Waals surface area contributed by atoms with Gasteiger partial charge < -0.3 is 15.0 Å². The summed E-state index contributed by atoms with van der Waals surface area (Å²) in [6.07, 6.45) is 2.29. The summed E-state index contributed by atoms with van der Waals surface area (Å²) in [6.45, 7) is 7.53. The first-order chi connectivity index (χ1) is 8.64. The molecule has 1 aromatic rings. The smallest absolute Gasteiger partial charge is 0.213 e. The minimum absolute atomic E-state index is 0.225. The van der Waals surface area contributed by atoms with Gasteiger partial charge in [0, 0.05) is 38.3 Å². The summed E-state index contributed by atoms with van der Waals surface area (Å²) in [7, 11) is 3.60. The fourth-order valence-corrected chi connectivity index (χ4v) is 2.66. The van der Waals surface area contributed by atoms with Gasteiger partial charge in [0.05, 0.1) is 7.11 Å². The zero-order valence-corrected chi connectivity index (χ0v) is 11.9. The third-order valence-corrected chi connectivity index (χ3v) is 4.09. The van der Waals surface area contributed by atoms with Crippen LogP contribution in [0, 0.1) is 0 Å². The first kappa shape index (κ1) is 13.2. The minimum atomic E-state index is 0.225. The average molecular weight is 252 g/mol. The summed E-state index contributed by atoms with van der Waals surface area (Å²) in [5.74, 6) is 1.82. The van der Waals surface area contributed by atoms with Crippen molar-refractivity contribution >= 4 is 5.82 Å². The fourth-order valence-electron chi connectivity index (χ4n) is 2.66. The molecule has 0 radical (unpaired) electrons. The number of hydrogen-bond donors (Lipinski definition) is 1. The monoisotopic (exact) mass is 252 g/mol. The number of piperazine rings is 1. The number of anilines is 1. The van der Waals surface area contributed by atoms with Gasteiger partial charge in [0.25, 0.3) is 0 Å². The number of aryl methyl sites for hydroxylation is 1. The zero-order valence-electron chi connectivity index (χ0n) is 11.9. The summed E-state index contributed by atoms with van der Waals surface area (Å²) >= 11 is 0. The van der Waals surface area contributed by atoms with Gasteiger partial charge in [-0.05, 0) is 12.8 Å². The van der Waals surface area contributed by atoms with E-state index in [2.05, 4.69) is 29.2 Å². The molecule has 0 aromatic carbocycles. The molecule has 5 nitrogen and oxygen atoms in total. The van der Waals surface area contributed by atoms with Crippen LogP contribution >= 0.6 is 0 Å². The van der Waals surface area contributed by atoms with Gasteiger partial charge in [0.15, 0.2) is 5.82 Å². The molecule has 0 saturated carbocycles. The number of ether oxygens (including phenoxy) is 1. The standard InChI is InChI=1S/C13H24N4O/c1-5-13(6-2)10-17(8-7-14-13)11-9-12(18-4)16(3)15-11/h9,14H,5-8,10H2,1-4H3. The van der Waals surface area contributed by atoms with Crippen LogP contribution in [-0.4, -0.2) is 42.1 Å². The first-order valence-corrected chi connectivity index (χ1v) is 6.72. The number of rotatable bonds is 4. The van der Waals surface area contributed by atoms with E-state index < -0.39 is 0 Å². The Balaban J connectivity index is 2.17. The van der Waals surface area contributed by atoms with Crippen molar-refractivity contribution in [3.63, 3.8) is 0 Å². The molecule has 0 unspecified atom stereocenters. The van der Waals surface area contributed by atoms with Crippen LogP contribution in [0.2, 0.25) is 0 Å². The van der Waals surface area contributed by atoms with Crippen LogP contribution in [0.4, 0.5) is 5.82 Å². The van der Waals surface area contributed by atoms with Gasteiger partial charge in [-0.25, -0.2) is 4.68 Å². The molecule has 102 valence electrons. The SMILES string of the molecule is CCC1(CC)CN(c2cc(OC)n(C)n2)CCN1. The Hall–Kier alpha value is -1.23. The molecule has 0 amide bonds. The number of nitrogens with one attached hydrogen (secondary N) is 1. The third kappa shape index (κ3) is 2.32. The molecule has 2 heterocycles. The van der Waals surface area contributed by atoms with Gasteiger partial charge in [-0.3, -0.25) is 0 Å². The molecule has 0 spiro atoms. The molecule has 0 atom stereocenters. The van der Waals surface area contributed by atoms with Crippen LogP contribution in [-0.2, 0) is 7.05 Å². The van der Waals surface area contributed by atoms with E-state index in [1.807, 2.05) is 13.1 Å². The van der Waals surface area contributed by atoms with Crippen LogP contribution in [0.1, 0.15) is 26.7 Å². The molecule has 1 saturated heterocycles. The molecule has 1 aliphatic heterocycles. The molecule has 2 rings (SSSR count). The molecule has 1 aromatic heterocycles. The lowest BCUT2D eigenvalue weighted by molar-refractivity contribution is 0.276. The van der Waals surface area contributed by atoms with Crippen molar-refractivity contribution < 1.29 is 4.74 Å². The van der Waals surface area contributed by atoms with Crippen LogP contribution in [0.3, 0.4) is 0 Å². The minimum Gasteiger partial charge on any atom is -0.481 e. The number of aromatic nitrogens is 2. The molecule has 1 N–H and O–H groups in total. The summed E-state index contributed by atoms with van der Waals surface area (Å²) in [4.78, 5) is 2.35. The summed E-state index contributed by atoms with van der Waals surface area (Å²) in [5.41, 5.74) is 0.225. The maximum absolute atomic E-state index is 5.28. The Kier molecular flexibility index (Phi) is 3.80. The predicted octanol–water partition coefficient (Wildman–Crippen LogP) is 1.40. The lowest BCUT2D eigenvalue weighted by atomic mass is 9.90. The van der Waals surface area contributed by atoms with Gasteiger partial charge in [-0.2, -0.15) is 5.10 Å². The van der Waals surface area contributed by atoms with E-state index in [4.69, 9.17) is 4.74 Å². The van der Waals surface area contributed by atoms with Gasteiger partial charge in [0.2, 0.25) is 5.88 Å². The van der Waals surface area contributed by atoms with Crippen molar-refractivity contribution in [1.29, 1.82) is 0 Å². The van der Waals surface area contributed by atoms with E-state index in [0.29, 0.717) is 0 Å². The highest BCUT2D eigenvalue weighted by atomic mass is 16.5. The van der Waals surface area contributed by atoms with Crippen LogP contribution in [0.5, 0.6) is 5.88 Å². The van der Waals surface area contributed by atoms with Gasteiger partial charge in [0.1, 0.15) is 0 Å². The molecule has 1 aliphatic rings. The van der Waals surface area contributed by atoms with Gasteiger partial charge >= 0.3 is 0 Å². The molecule has 18 heavy (non-hydrogen) atoms. The molecular weight excluding hydrogens is 228 g/mol. The van der Waals surface area contributed by atoms with E-state index in [-0.39, 0.29) is 5.54 Å². The largest absolute Gasteiger partial charge is 0.481 e. The number of methoxy groups -OCH3 is 1. The van der Waals surface area contributed by atoms with E-state index >= 15 is 0 Å². The maximum Gasteiger partial charge on any atom is 0.213 e. The Morgan fingerprint density at radius 1 is 1.44 bits per heavy atom. The maximum atomic E-state index is 5.28.